The Hall–Kier alpha value is -1.93. The normalized spacial score (nSPS) is 16.6. The maximum Gasteiger partial charge on any atom is 0.263 e. The first kappa shape index (κ1) is 17.9. The lowest BCUT2D eigenvalue weighted by Gasteiger charge is -2.21. The number of nitrogens with zero attached hydrogens (tertiary/aromatic N) is 1. The van der Waals surface area contributed by atoms with Crippen LogP contribution in [0.15, 0.2) is 45.8 Å². The van der Waals surface area contributed by atoms with Crippen molar-refractivity contribution in [2.45, 2.75) is 31.2 Å². The summed E-state index contributed by atoms with van der Waals surface area (Å²) in [5.41, 5.74) is 1.77. The Labute approximate surface area is 154 Å². The van der Waals surface area contributed by atoms with Crippen LogP contribution in [-0.2, 0) is 21.2 Å². The van der Waals surface area contributed by atoms with E-state index in [1.807, 2.05) is 6.92 Å². The lowest BCUT2D eigenvalue weighted by atomic mass is 10.1. The average Bonchev–Trinajstić information content (AvgIpc) is 2.83. The molecular formula is C17H16BrFN2O3S. The van der Waals surface area contributed by atoms with Crippen LogP contribution in [-0.4, -0.2) is 20.4 Å². The molecule has 0 saturated carbocycles. The molecule has 1 N–H and O–H groups in total. The van der Waals surface area contributed by atoms with Gasteiger partial charge in [0.25, 0.3) is 10.0 Å². The third-order valence-corrected chi connectivity index (χ3v) is 6.41. The number of benzene rings is 2. The molecule has 1 unspecified atom stereocenters. The summed E-state index contributed by atoms with van der Waals surface area (Å²) >= 11 is 3.30. The molecule has 2 aromatic rings. The maximum absolute atomic E-state index is 13.0. The standard InChI is InChI=1S/C17H16BrFN2O3S/c1-10-7-12-8-15(18)17(9-16(12)21(10)11(2)22)25(23,24)20-14-5-3-13(19)4-6-14/h3-6,8-10,20H,7H2,1-2H3. The number of fused-ring (bicyclic) bond motifs is 1. The average molecular weight is 427 g/mol. The van der Waals surface area contributed by atoms with Gasteiger partial charge in [-0.3, -0.25) is 9.52 Å². The lowest BCUT2D eigenvalue weighted by Crippen LogP contribution is -2.33. The highest BCUT2D eigenvalue weighted by molar-refractivity contribution is 9.10. The fourth-order valence-electron chi connectivity index (χ4n) is 3.03. The smallest absolute Gasteiger partial charge is 0.263 e. The Balaban J connectivity index is 2.02. The number of rotatable bonds is 3. The summed E-state index contributed by atoms with van der Waals surface area (Å²) in [5.74, 6) is -0.587. The summed E-state index contributed by atoms with van der Waals surface area (Å²) < 4.78 is 41.3. The van der Waals surface area contributed by atoms with E-state index in [1.165, 1.54) is 37.3 Å². The van der Waals surface area contributed by atoms with Crippen LogP contribution in [0.1, 0.15) is 19.4 Å². The molecule has 0 saturated heterocycles. The summed E-state index contributed by atoms with van der Waals surface area (Å²) in [5, 5.41) is 0. The fourth-order valence-corrected chi connectivity index (χ4v) is 5.20. The van der Waals surface area contributed by atoms with E-state index in [2.05, 4.69) is 20.7 Å². The minimum atomic E-state index is -3.90. The van der Waals surface area contributed by atoms with E-state index in [4.69, 9.17) is 0 Å². The van der Waals surface area contributed by atoms with Gasteiger partial charge in [0.1, 0.15) is 10.7 Å². The largest absolute Gasteiger partial charge is 0.309 e. The second-order valence-corrected chi connectivity index (χ2v) is 8.47. The molecule has 0 aliphatic carbocycles. The second kappa shape index (κ2) is 6.42. The molecule has 8 heteroatoms. The summed E-state index contributed by atoms with van der Waals surface area (Å²) in [6.45, 7) is 3.37. The van der Waals surface area contributed by atoms with Gasteiger partial charge in [0, 0.05) is 28.8 Å². The van der Waals surface area contributed by atoms with Crippen LogP contribution in [0.25, 0.3) is 0 Å². The molecule has 1 aliphatic rings. The zero-order chi connectivity index (χ0) is 18.4. The third-order valence-electron chi connectivity index (χ3n) is 4.07. The number of hydrogen-bond donors (Lipinski definition) is 1. The van der Waals surface area contributed by atoms with Crippen LogP contribution in [0.3, 0.4) is 0 Å². The minimum Gasteiger partial charge on any atom is -0.309 e. The summed E-state index contributed by atoms with van der Waals surface area (Å²) in [6.07, 6.45) is 0.666. The Morgan fingerprint density at radius 3 is 2.52 bits per heavy atom. The van der Waals surface area contributed by atoms with Gasteiger partial charge in [-0.05, 0) is 71.2 Å². The first-order valence-electron chi connectivity index (χ1n) is 7.59. The maximum atomic E-state index is 13.0. The zero-order valence-corrected chi connectivity index (χ0v) is 16.0. The van der Waals surface area contributed by atoms with Crippen molar-refractivity contribution in [2.75, 3.05) is 9.62 Å². The Bertz CT molecular complexity index is 945. The van der Waals surface area contributed by atoms with Gasteiger partial charge < -0.3 is 4.90 Å². The molecule has 1 aliphatic heterocycles. The lowest BCUT2D eigenvalue weighted by molar-refractivity contribution is -0.116. The number of anilines is 2. The van der Waals surface area contributed by atoms with E-state index >= 15 is 0 Å². The number of amides is 1. The van der Waals surface area contributed by atoms with E-state index < -0.39 is 15.8 Å². The highest BCUT2D eigenvalue weighted by Gasteiger charge is 2.32. The molecule has 0 bridgehead atoms. The van der Waals surface area contributed by atoms with Gasteiger partial charge in [-0.15, -0.1) is 0 Å². The number of carbonyl (C=O) groups is 1. The van der Waals surface area contributed by atoms with Crippen LogP contribution < -0.4 is 9.62 Å². The minimum absolute atomic E-state index is 0.0240. The van der Waals surface area contributed by atoms with Crippen LogP contribution in [0, 0.1) is 5.82 Å². The molecule has 0 fully saturated rings. The van der Waals surface area contributed by atoms with Gasteiger partial charge in [-0.2, -0.15) is 0 Å². The highest BCUT2D eigenvalue weighted by atomic mass is 79.9. The molecule has 0 aromatic heterocycles. The molecule has 132 valence electrons. The first-order valence-corrected chi connectivity index (χ1v) is 9.87. The van der Waals surface area contributed by atoms with Crippen molar-refractivity contribution in [2.24, 2.45) is 0 Å². The summed E-state index contributed by atoms with van der Waals surface area (Å²) in [4.78, 5) is 13.5. The molecule has 1 heterocycles. The Kier molecular flexibility index (Phi) is 4.59. The van der Waals surface area contributed by atoms with Crippen molar-refractivity contribution in [1.82, 2.24) is 0 Å². The number of halogens is 2. The summed E-state index contributed by atoms with van der Waals surface area (Å²) in [7, 11) is -3.90. The van der Waals surface area contributed by atoms with E-state index in [9.17, 15) is 17.6 Å². The van der Waals surface area contributed by atoms with Crippen molar-refractivity contribution >= 4 is 43.2 Å². The molecule has 5 nitrogen and oxygen atoms in total. The van der Waals surface area contributed by atoms with Crippen LogP contribution in [0.4, 0.5) is 15.8 Å². The van der Waals surface area contributed by atoms with Crippen molar-refractivity contribution < 1.29 is 17.6 Å². The van der Waals surface area contributed by atoms with E-state index in [0.717, 1.165) is 5.56 Å². The van der Waals surface area contributed by atoms with E-state index in [-0.39, 0.29) is 22.5 Å². The fraction of sp³-hybridized carbons (Fsp3) is 0.235. The van der Waals surface area contributed by atoms with Crippen LogP contribution in [0.2, 0.25) is 0 Å². The molecule has 0 spiro atoms. The van der Waals surface area contributed by atoms with Crippen molar-refractivity contribution in [1.29, 1.82) is 0 Å². The van der Waals surface area contributed by atoms with Gasteiger partial charge in [0.2, 0.25) is 5.91 Å². The van der Waals surface area contributed by atoms with Gasteiger partial charge in [-0.1, -0.05) is 0 Å². The third kappa shape index (κ3) is 3.41. The SMILES string of the molecule is CC(=O)N1c2cc(S(=O)(=O)Nc3ccc(F)cc3)c(Br)cc2CC1C. The van der Waals surface area contributed by atoms with Gasteiger partial charge in [0.15, 0.2) is 0 Å². The van der Waals surface area contributed by atoms with E-state index in [0.29, 0.717) is 16.6 Å². The molecule has 0 radical (unpaired) electrons. The predicted molar refractivity (Wildman–Crippen MR) is 97.7 cm³/mol. The van der Waals surface area contributed by atoms with Crippen molar-refractivity contribution in [3.63, 3.8) is 0 Å². The monoisotopic (exact) mass is 426 g/mol. The van der Waals surface area contributed by atoms with E-state index in [1.54, 1.807) is 11.0 Å². The first-order chi connectivity index (χ1) is 11.7. The molecule has 1 atom stereocenters. The highest BCUT2D eigenvalue weighted by Crippen LogP contribution is 2.38. The molecule has 3 rings (SSSR count). The molecule has 25 heavy (non-hydrogen) atoms. The summed E-state index contributed by atoms with van der Waals surface area (Å²) in [6, 6.07) is 8.24. The zero-order valence-electron chi connectivity index (χ0n) is 13.6. The van der Waals surface area contributed by atoms with Gasteiger partial charge in [-0.25, -0.2) is 12.8 Å². The van der Waals surface area contributed by atoms with Crippen LogP contribution in [0.5, 0.6) is 0 Å². The number of carbonyl (C=O) groups excluding carboxylic acids is 1. The number of hydrogen-bond acceptors (Lipinski definition) is 3. The van der Waals surface area contributed by atoms with Gasteiger partial charge in [0.05, 0.1) is 0 Å². The molecule has 2 aromatic carbocycles. The van der Waals surface area contributed by atoms with Crippen LogP contribution >= 0.6 is 15.9 Å². The number of nitrogens with one attached hydrogen (secondary N) is 1. The quantitative estimate of drug-likeness (QED) is 0.813. The Morgan fingerprint density at radius 1 is 1.28 bits per heavy atom. The molecular weight excluding hydrogens is 411 g/mol. The van der Waals surface area contributed by atoms with Crippen molar-refractivity contribution in [3.05, 3.63) is 52.3 Å². The number of sulfonamides is 1. The topological polar surface area (TPSA) is 66.5 Å². The second-order valence-electron chi connectivity index (χ2n) is 5.97. The Morgan fingerprint density at radius 2 is 1.92 bits per heavy atom. The van der Waals surface area contributed by atoms with Crippen molar-refractivity contribution in [3.8, 4) is 0 Å². The van der Waals surface area contributed by atoms with Gasteiger partial charge >= 0.3 is 0 Å². The predicted octanol–water partition coefficient (Wildman–Crippen LogP) is 3.69. The molecule has 1 amide bonds.